The van der Waals surface area contributed by atoms with E-state index in [-0.39, 0.29) is 0 Å². The maximum Gasteiger partial charge on any atom is 0.249 e. The molecule has 5 aromatic rings. The molecule has 5 rings (SSSR count). The Bertz CT molecular complexity index is 1460. The summed E-state index contributed by atoms with van der Waals surface area (Å²) in [5.74, 6) is -0.467. The maximum atomic E-state index is 12.2. The quantitative estimate of drug-likeness (QED) is 0.329. The lowest BCUT2D eigenvalue weighted by Gasteiger charge is -2.11. The summed E-state index contributed by atoms with van der Waals surface area (Å²) >= 11 is 12.7. The van der Waals surface area contributed by atoms with E-state index in [0.717, 1.165) is 38.5 Å². The normalized spacial score (nSPS) is 11.3. The van der Waals surface area contributed by atoms with Gasteiger partial charge in [-0.25, -0.2) is 0 Å². The summed E-state index contributed by atoms with van der Waals surface area (Å²) in [4.78, 5) is 12.2. The number of amides is 1. The molecule has 0 unspecified atom stereocenters. The molecule has 0 saturated carbocycles. The van der Waals surface area contributed by atoms with Gasteiger partial charge in [-0.1, -0.05) is 59.6 Å². The number of nitrogens with zero attached hydrogens (tertiary/aromatic N) is 1. The zero-order valence-corrected chi connectivity index (χ0v) is 17.9. The third kappa shape index (κ3) is 3.46. The average molecular weight is 444 g/mol. The number of aromatic nitrogens is 1. The molecular weight excluding hydrogens is 427 g/mol. The molecule has 4 aromatic carbocycles. The zero-order chi connectivity index (χ0) is 21.5. The first-order chi connectivity index (χ1) is 15.0. The minimum atomic E-state index is -0.467. The number of hydrogen-bond donors (Lipinski definition) is 1. The van der Waals surface area contributed by atoms with Crippen LogP contribution in [0.4, 0.5) is 0 Å². The number of carbonyl (C=O) groups is 1. The van der Waals surface area contributed by atoms with Crippen molar-refractivity contribution in [3.05, 3.63) is 106 Å². The second kappa shape index (κ2) is 7.77. The summed E-state index contributed by atoms with van der Waals surface area (Å²) in [6.45, 7) is 0.494. The number of benzene rings is 4. The van der Waals surface area contributed by atoms with Crippen LogP contribution in [0.15, 0.2) is 78.9 Å². The fourth-order valence-corrected chi connectivity index (χ4v) is 4.44. The summed E-state index contributed by atoms with van der Waals surface area (Å²) in [7, 11) is 0. The fourth-order valence-electron chi connectivity index (χ4n) is 4.06. The molecule has 0 saturated heterocycles. The molecule has 0 atom stereocenters. The molecule has 0 fully saturated rings. The van der Waals surface area contributed by atoms with E-state index in [1.165, 1.54) is 0 Å². The molecule has 151 valence electrons. The van der Waals surface area contributed by atoms with E-state index < -0.39 is 5.91 Å². The van der Waals surface area contributed by atoms with Crippen molar-refractivity contribution in [1.29, 1.82) is 0 Å². The van der Waals surface area contributed by atoms with Crippen LogP contribution in [0.5, 0.6) is 0 Å². The molecule has 2 N–H and O–H groups in total. The number of nitrogens with two attached hydrogens (primary N) is 1. The lowest BCUT2D eigenvalue weighted by molar-refractivity contribution is 0.100. The molecule has 0 aliphatic heterocycles. The van der Waals surface area contributed by atoms with Crippen molar-refractivity contribution in [1.82, 2.24) is 4.57 Å². The van der Waals surface area contributed by atoms with Gasteiger partial charge in [0.1, 0.15) is 0 Å². The van der Waals surface area contributed by atoms with Crippen molar-refractivity contribution in [2.24, 2.45) is 5.73 Å². The number of rotatable bonds is 4. The van der Waals surface area contributed by atoms with Crippen LogP contribution >= 0.6 is 23.2 Å². The first kappa shape index (κ1) is 19.7. The monoisotopic (exact) mass is 443 g/mol. The lowest BCUT2D eigenvalue weighted by Crippen LogP contribution is -2.11. The number of fused-ring (bicyclic) bond motifs is 3. The van der Waals surface area contributed by atoms with Gasteiger partial charge in [0.15, 0.2) is 0 Å². The van der Waals surface area contributed by atoms with Crippen molar-refractivity contribution >= 4 is 50.9 Å². The minimum Gasteiger partial charge on any atom is -0.366 e. The molecule has 1 aromatic heterocycles. The molecule has 0 bridgehead atoms. The molecule has 0 aliphatic carbocycles. The van der Waals surface area contributed by atoms with Gasteiger partial charge in [-0.3, -0.25) is 4.79 Å². The highest BCUT2D eigenvalue weighted by Gasteiger charge is 2.18. The van der Waals surface area contributed by atoms with E-state index in [2.05, 4.69) is 28.8 Å². The van der Waals surface area contributed by atoms with E-state index in [0.29, 0.717) is 22.2 Å². The van der Waals surface area contributed by atoms with Gasteiger partial charge in [-0.05, 0) is 65.2 Å². The molecule has 0 aliphatic rings. The average Bonchev–Trinajstić information content (AvgIpc) is 3.10. The highest BCUT2D eigenvalue weighted by atomic mass is 35.5. The molecule has 0 spiro atoms. The second-order valence-corrected chi connectivity index (χ2v) is 8.24. The number of carbonyl (C=O) groups excluding carboxylic acids is 1. The van der Waals surface area contributed by atoms with Crippen molar-refractivity contribution in [3.63, 3.8) is 0 Å². The van der Waals surface area contributed by atoms with Crippen LogP contribution < -0.4 is 5.73 Å². The van der Waals surface area contributed by atoms with Gasteiger partial charge >= 0.3 is 0 Å². The van der Waals surface area contributed by atoms with Gasteiger partial charge in [0, 0.05) is 32.9 Å². The second-order valence-electron chi connectivity index (χ2n) is 7.40. The number of hydrogen-bond acceptors (Lipinski definition) is 1. The molecule has 1 radical (unpaired) electrons. The van der Waals surface area contributed by atoms with Crippen molar-refractivity contribution in [3.8, 4) is 11.1 Å². The van der Waals surface area contributed by atoms with Gasteiger partial charge in [-0.2, -0.15) is 0 Å². The van der Waals surface area contributed by atoms with Crippen LogP contribution in [0.1, 0.15) is 15.9 Å². The van der Waals surface area contributed by atoms with E-state index in [9.17, 15) is 4.79 Å². The van der Waals surface area contributed by atoms with E-state index in [1.807, 2.05) is 42.5 Å². The summed E-state index contributed by atoms with van der Waals surface area (Å²) < 4.78 is 2.14. The Morgan fingerprint density at radius 3 is 2.48 bits per heavy atom. The van der Waals surface area contributed by atoms with Gasteiger partial charge in [0.05, 0.1) is 11.0 Å². The highest BCUT2D eigenvalue weighted by Crippen LogP contribution is 2.35. The Hall–Kier alpha value is -3.27. The van der Waals surface area contributed by atoms with Crippen LogP contribution in [-0.2, 0) is 6.54 Å². The summed E-state index contributed by atoms with van der Waals surface area (Å²) in [6.07, 6.45) is 0. The standard InChI is InChI=1S/C26H17Cl2N2O/c27-19-10-12-22(28)18(13-19)15-30-23-8-4-7-21(26(29)31)25(23)20-11-9-17(14-24(20)30)16-5-2-1-3-6-16/h1-10,12-14H,15H2,(H2,29,31). The Balaban J connectivity index is 1.82. The van der Waals surface area contributed by atoms with Crippen LogP contribution in [0.25, 0.3) is 32.9 Å². The van der Waals surface area contributed by atoms with E-state index >= 15 is 0 Å². The third-order valence-corrected chi connectivity index (χ3v) is 6.11. The van der Waals surface area contributed by atoms with E-state index in [1.54, 1.807) is 18.2 Å². The van der Waals surface area contributed by atoms with Crippen molar-refractivity contribution in [2.45, 2.75) is 6.54 Å². The summed E-state index contributed by atoms with van der Waals surface area (Å²) in [6, 6.07) is 28.6. The Kier molecular flexibility index (Phi) is 4.93. The first-order valence-corrected chi connectivity index (χ1v) is 10.5. The van der Waals surface area contributed by atoms with Gasteiger partial charge in [-0.15, -0.1) is 0 Å². The largest absolute Gasteiger partial charge is 0.366 e. The fraction of sp³-hybridized carbons (Fsp3) is 0.0385. The SMILES string of the molecule is NC(=O)c1cccc2c1c1[c]cc(-c3ccccc3)cc1n2Cc1cc(Cl)ccc1Cl. The minimum absolute atomic E-state index is 0.467. The smallest absolute Gasteiger partial charge is 0.249 e. The molecular formula is C26H17Cl2N2O. The third-order valence-electron chi connectivity index (χ3n) is 5.50. The molecule has 1 heterocycles. The Labute approximate surface area is 189 Å². The maximum absolute atomic E-state index is 12.2. The Morgan fingerprint density at radius 1 is 0.903 bits per heavy atom. The predicted molar refractivity (Wildman–Crippen MR) is 128 cm³/mol. The number of primary amides is 1. The zero-order valence-electron chi connectivity index (χ0n) is 16.4. The number of halogens is 2. The molecule has 31 heavy (non-hydrogen) atoms. The van der Waals surface area contributed by atoms with Crippen LogP contribution in [0.2, 0.25) is 10.0 Å². The van der Waals surface area contributed by atoms with Crippen molar-refractivity contribution < 1.29 is 4.79 Å². The van der Waals surface area contributed by atoms with Gasteiger partial charge < -0.3 is 10.3 Å². The van der Waals surface area contributed by atoms with Gasteiger partial charge in [0.2, 0.25) is 5.91 Å². The topological polar surface area (TPSA) is 48.0 Å². The van der Waals surface area contributed by atoms with Crippen LogP contribution in [0.3, 0.4) is 0 Å². The highest BCUT2D eigenvalue weighted by molar-refractivity contribution is 6.33. The van der Waals surface area contributed by atoms with Gasteiger partial charge in [0.25, 0.3) is 0 Å². The Morgan fingerprint density at radius 2 is 1.71 bits per heavy atom. The lowest BCUT2D eigenvalue weighted by atomic mass is 10.0. The summed E-state index contributed by atoms with van der Waals surface area (Å²) in [5, 5.41) is 2.90. The molecule has 3 nitrogen and oxygen atoms in total. The van der Waals surface area contributed by atoms with Crippen LogP contribution in [0, 0.1) is 6.07 Å². The predicted octanol–water partition coefficient (Wildman–Crippen LogP) is 6.72. The van der Waals surface area contributed by atoms with Crippen molar-refractivity contribution in [2.75, 3.05) is 0 Å². The summed E-state index contributed by atoms with van der Waals surface area (Å²) in [5.41, 5.74) is 11.0. The first-order valence-electron chi connectivity index (χ1n) is 9.79. The van der Waals surface area contributed by atoms with Crippen LogP contribution in [-0.4, -0.2) is 10.5 Å². The molecule has 1 amide bonds. The van der Waals surface area contributed by atoms with E-state index in [4.69, 9.17) is 28.9 Å². The molecule has 5 heteroatoms.